The summed E-state index contributed by atoms with van der Waals surface area (Å²) in [7, 11) is 0. The number of aromatic nitrogens is 4. The molecule has 0 atom stereocenters. The Morgan fingerprint density at radius 3 is 2.76 bits per heavy atom. The summed E-state index contributed by atoms with van der Waals surface area (Å²) in [5, 5.41) is 12.6. The van der Waals surface area contributed by atoms with Crippen LogP contribution in [0.1, 0.15) is 28.8 Å². The van der Waals surface area contributed by atoms with E-state index in [-0.39, 0.29) is 18.0 Å². The maximum Gasteiger partial charge on any atom is 0.311 e. The second kappa shape index (κ2) is 3.93. The highest BCUT2D eigenvalue weighted by molar-refractivity contribution is 5.94. The Balaban J connectivity index is 2.57. The van der Waals surface area contributed by atoms with Gasteiger partial charge >= 0.3 is 5.97 Å². The van der Waals surface area contributed by atoms with Crippen LogP contribution in [-0.2, 0) is 11.2 Å². The molecule has 0 aliphatic carbocycles. The smallest absolute Gasteiger partial charge is 0.311 e. The molecule has 0 radical (unpaired) electrons. The van der Waals surface area contributed by atoms with Gasteiger partial charge in [-0.25, -0.2) is 9.50 Å². The maximum absolute atomic E-state index is 11.3. The second-order valence-corrected chi connectivity index (χ2v) is 3.62. The highest BCUT2D eigenvalue weighted by Gasteiger charge is 2.13. The molecule has 0 fully saturated rings. The summed E-state index contributed by atoms with van der Waals surface area (Å²) in [5.41, 5.74) is 1.05. The number of ketones is 1. The summed E-state index contributed by atoms with van der Waals surface area (Å²) in [6, 6.07) is 0. The van der Waals surface area contributed by atoms with Gasteiger partial charge in [-0.2, -0.15) is 4.98 Å². The van der Waals surface area contributed by atoms with Gasteiger partial charge in [-0.05, 0) is 13.8 Å². The van der Waals surface area contributed by atoms with Crippen molar-refractivity contribution in [3.8, 4) is 0 Å². The molecule has 7 heteroatoms. The third kappa shape index (κ3) is 1.99. The van der Waals surface area contributed by atoms with Crippen molar-refractivity contribution in [2.75, 3.05) is 0 Å². The van der Waals surface area contributed by atoms with Crippen LogP contribution < -0.4 is 0 Å². The van der Waals surface area contributed by atoms with Gasteiger partial charge in [0.05, 0.1) is 11.3 Å². The Kier molecular flexibility index (Phi) is 2.58. The zero-order chi connectivity index (χ0) is 12.6. The number of fused-ring (bicyclic) bond motifs is 1. The lowest BCUT2D eigenvalue weighted by Gasteiger charge is -2.01. The molecule has 2 heterocycles. The number of aryl methyl sites for hydroxylation is 1. The highest BCUT2D eigenvalue weighted by Crippen LogP contribution is 2.09. The van der Waals surface area contributed by atoms with Crippen molar-refractivity contribution >= 4 is 17.5 Å². The summed E-state index contributed by atoms with van der Waals surface area (Å²) in [6.07, 6.45) is 1.16. The lowest BCUT2D eigenvalue weighted by atomic mass is 10.2. The first-order chi connectivity index (χ1) is 7.99. The normalized spacial score (nSPS) is 10.7. The Morgan fingerprint density at radius 2 is 2.18 bits per heavy atom. The van der Waals surface area contributed by atoms with Crippen LogP contribution in [0.2, 0.25) is 0 Å². The van der Waals surface area contributed by atoms with Crippen LogP contribution in [-0.4, -0.2) is 36.4 Å². The number of carboxylic acids is 1. The van der Waals surface area contributed by atoms with E-state index in [0.29, 0.717) is 17.0 Å². The predicted octanol–water partition coefficient (Wildman–Crippen LogP) is 0.262. The minimum atomic E-state index is -1.01. The van der Waals surface area contributed by atoms with Crippen molar-refractivity contribution in [1.82, 2.24) is 19.6 Å². The molecule has 0 unspecified atom stereocenters. The standard InChI is InChI=1S/C10H10N4O3/c1-5-7(6(2)15)4-11-10-12-8(3-9(16)17)13-14(5)10/h4H,3H2,1-2H3,(H,16,17). The van der Waals surface area contributed by atoms with Crippen LogP contribution in [0.25, 0.3) is 5.78 Å². The van der Waals surface area contributed by atoms with E-state index in [0.717, 1.165) is 0 Å². The van der Waals surface area contributed by atoms with Gasteiger partial charge in [-0.15, -0.1) is 5.10 Å². The summed E-state index contributed by atoms with van der Waals surface area (Å²) in [5.74, 6) is -0.657. The zero-order valence-corrected chi connectivity index (χ0v) is 9.34. The number of nitrogens with zero attached hydrogens (tertiary/aromatic N) is 4. The minimum absolute atomic E-state index is 0.118. The second-order valence-electron chi connectivity index (χ2n) is 3.62. The molecule has 2 rings (SSSR count). The van der Waals surface area contributed by atoms with Gasteiger partial charge in [-0.1, -0.05) is 0 Å². The molecule has 0 aliphatic rings. The first kappa shape index (κ1) is 11.2. The predicted molar refractivity (Wildman–Crippen MR) is 56.9 cm³/mol. The summed E-state index contributed by atoms with van der Waals surface area (Å²) in [4.78, 5) is 29.8. The Bertz CT molecular complexity index is 617. The lowest BCUT2D eigenvalue weighted by Crippen LogP contribution is -2.06. The molecule has 88 valence electrons. The molecule has 1 N–H and O–H groups in total. The van der Waals surface area contributed by atoms with Crippen LogP contribution in [0.4, 0.5) is 0 Å². The van der Waals surface area contributed by atoms with E-state index >= 15 is 0 Å². The molecule has 0 aliphatic heterocycles. The first-order valence-corrected chi connectivity index (χ1v) is 4.93. The molecular formula is C10H10N4O3. The van der Waals surface area contributed by atoms with Crippen LogP contribution in [0.3, 0.4) is 0 Å². The summed E-state index contributed by atoms with van der Waals surface area (Å²) >= 11 is 0. The number of carboxylic acid groups (broad SMARTS) is 1. The number of hydrogen-bond acceptors (Lipinski definition) is 5. The molecule has 0 spiro atoms. The Labute approximate surface area is 96.1 Å². The molecule has 2 aromatic rings. The quantitative estimate of drug-likeness (QED) is 0.765. The van der Waals surface area contributed by atoms with Crippen LogP contribution >= 0.6 is 0 Å². The van der Waals surface area contributed by atoms with Crippen molar-refractivity contribution in [2.45, 2.75) is 20.3 Å². The van der Waals surface area contributed by atoms with E-state index in [1.54, 1.807) is 6.92 Å². The van der Waals surface area contributed by atoms with Gasteiger partial charge in [0.1, 0.15) is 6.42 Å². The zero-order valence-electron chi connectivity index (χ0n) is 9.34. The topological polar surface area (TPSA) is 97.5 Å². The van der Waals surface area contributed by atoms with Crippen molar-refractivity contribution in [1.29, 1.82) is 0 Å². The van der Waals surface area contributed by atoms with Gasteiger partial charge in [0.25, 0.3) is 5.78 Å². The Morgan fingerprint density at radius 1 is 1.47 bits per heavy atom. The molecular weight excluding hydrogens is 224 g/mol. The van der Waals surface area contributed by atoms with Crippen molar-refractivity contribution in [3.63, 3.8) is 0 Å². The molecule has 0 saturated carbocycles. The molecule has 0 aromatic carbocycles. The number of Topliss-reactive ketones (excluding diaryl/α,β-unsaturated/α-hetero) is 1. The number of carbonyl (C=O) groups is 2. The van der Waals surface area contributed by atoms with E-state index in [2.05, 4.69) is 15.1 Å². The van der Waals surface area contributed by atoms with Gasteiger partial charge < -0.3 is 5.11 Å². The highest BCUT2D eigenvalue weighted by atomic mass is 16.4. The van der Waals surface area contributed by atoms with Crippen molar-refractivity contribution < 1.29 is 14.7 Å². The summed E-state index contributed by atoms with van der Waals surface area (Å²) in [6.45, 7) is 3.15. The molecule has 0 bridgehead atoms. The third-order valence-corrected chi connectivity index (χ3v) is 2.34. The molecule has 7 nitrogen and oxygen atoms in total. The fraction of sp³-hybridized carbons (Fsp3) is 0.300. The fourth-order valence-corrected chi connectivity index (χ4v) is 1.54. The maximum atomic E-state index is 11.3. The van der Waals surface area contributed by atoms with Gasteiger partial charge in [0.15, 0.2) is 11.6 Å². The molecule has 17 heavy (non-hydrogen) atoms. The number of rotatable bonds is 3. The van der Waals surface area contributed by atoms with Gasteiger partial charge in [-0.3, -0.25) is 9.59 Å². The van der Waals surface area contributed by atoms with Crippen LogP contribution in [0, 0.1) is 6.92 Å². The number of carbonyl (C=O) groups excluding carboxylic acids is 1. The molecule has 0 amide bonds. The van der Waals surface area contributed by atoms with E-state index in [9.17, 15) is 9.59 Å². The van der Waals surface area contributed by atoms with E-state index in [4.69, 9.17) is 5.11 Å². The molecule has 0 saturated heterocycles. The van der Waals surface area contributed by atoms with E-state index in [1.807, 2.05) is 0 Å². The largest absolute Gasteiger partial charge is 0.481 e. The van der Waals surface area contributed by atoms with Crippen LogP contribution in [0.5, 0.6) is 0 Å². The van der Waals surface area contributed by atoms with Gasteiger partial charge in [0, 0.05) is 6.20 Å². The first-order valence-electron chi connectivity index (χ1n) is 4.93. The number of aliphatic carboxylic acids is 1. The third-order valence-electron chi connectivity index (χ3n) is 2.34. The molecule has 2 aromatic heterocycles. The number of hydrogen-bond donors (Lipinski definition) is 1. The van der Waals surface area contributed by atoms with E-state index in [1.165, 1.54) is 17.6 Å². The van der Waals surface area contributed by atoms with Crippen molar-refractivity contribution in [2.24, 2.45) is 0 Å². The summed E-state index contributed by atoms with van der Waals surface area (Å²) < 4.78 is 1.38. The van der Waals surface area contributed by atoms with Gasteiger partial charge in [0.2, 0.25) is 0 Å². The van der Waals surface area contributed by atoms with E-state index < -0.39 is 5.97 Å². The fourth-order valence-electron chi connectivity index (χ4n) is 1.54. The average molecular weight is 234 g/mol. The van der Waals surface area contributed by atoms with Crippen LogP contribution in [0.15, 0.2) is 6.20 Å². The lowest BCUT2D eigenvalue weighted by molar-refractivity contribution is -0.136. The minimum Gasteiger partial charge on any atom is -0.481 e. The van der Waals surface area contributed by atoms with Crippen molar-refractivity contribution in [3.05, 3.63) is 23.3 Å². The average Bonchev–Trinajstić information content (AvgIpc) is 2.60. The monoisotopic (exact) mass is 234 g/mol. The Hall–Kier alpha value is -2.31. The SMILES string of the molecule is CC(=O)c1cnc2nc(CC(=O)O)nn2c1C.